The fourth-order valence-electron chi connectivity index (χ4n) is 3.46. The number of ether oxygens (including phenoxy) is 2. The van der Waals surface area contributed by atoms with Crippen LogP contribution in [0.25, 0.3) is 0 Å². The van der Waals surface area contributed by atoms with E-state index in [0.717, 1.165) is 50.4 Å². The van der Waals surface area contributed by atoms with Gasteiger partial charge in [-0.15, -0.1) is 0 Å². The first-order valence-electron chi connectivity index (χ1n) is 7.95. The highest BCUT2D eigenvalue weighted by molar-refractivity contribution is 5.50. The van der Waals surface area contributed by atoms with Crippen LogP contribution in [0.1, 0.15) is 56.6 Å². The molecular formula is C17H25NO2. The summed E-state index contributed by atoms with van der Waals surface area (Å²) in [6.45, 7) is 3.66. The Morgan fingerprint density at radius 1 is 1.00 bits per heavy atom. The van der Waals surface area contributed by atoms with Gasteiger partial charge in [-0.1, -0.05) is 26.2 Å². The van der Waals surface area contributed by atoms with Crippen LogP contribution in [-0.4, -0.2) is 13.2 Å². The summed E-state index contributed by atoms with van der Waals surface area (Å²) in [7, 11) is 0. The van der Waals surface area contributed by atoms with Crippen molar-refractivity contribution in [3.8, 4) is 11.5 Å². The molecule has 3 rings (SSSR count). The second-order valence-corrected chi connectivity index (χ2v) is 6.08. The molecule has 1 saturated carbocycles. The molecule has 2 aliphatic rings. The maximum Gasteiger partial charge on any atom is 0.161 e. The lowest BCUT2D eigenvalue weighted by Gasteiger charge is -2.36. The van der Waals surface area contributed by atoms with E-state index in [1.165, 1.54) is 30.4 Å². The van der Waals surface area contributed by atoms with Crippen molar-refractivity contribution in [1.82, 2.24) is 0 Å². The van der Waals surface area contributed by atoms with Gasteiger partial charge in [-0.05, 0) is 42.5 Å². The minimum Gasteiger partial charge on any atom is -0.490 e. The second kappa shape index (κ2) is 5.65. The molecule has 1 heterocycles. The van der Waals surface area contributed by atoms with Crippen LogP contribution in [-0.2, 0) is 12.0 Å². The quantitative estimate of drug-likeness (QED) is 0.898. The van der Waals surface area contributed by atoms with Gasteiger partial charge in [0, 0.05) is 12.0 Å². The maximum absolute atomic E-state index is 6.73. The van der Waals surface area contributed by atoms with Crippen LogP contribution in [0.5, 0.6) is 11.5 Å². The Kier molecular flexibility index (Phi) is 3.88. The average Bonchev–Trinajstić information content (AvgIpc) is 2.71. The summed E-state index contributed by atoms with van der Waals surface area (Å²) in [5.41, 5.74) is 9.16. The van der Waals surface area contributed by atoms with Crippen LogP contribution < -0.4 is 15.2 Å². The van der Waals surface area contributed by atoms with Crippen molar-refractivity contribution in [2.24, 2.45) is 5.73 Å². The Labute approximate surface area is 121 Å². The molecule has 3 heteroatoms. The number of hydrogen-bond acceptors (Lipinski definition) is 3. The zero-order chi connectivity index (χ0) is 14.0. The third-order valence-corrected chi connectivity index (χ3v) is 4.64. The molecule has 0 spiro atoms. The SMILES string of the molecule is CCc1cc2c(cc1C1(N)CCCCC1)OCCCO2. The molecule has 0 bridgehead atoms. The Balaban J connectivity index is 2.02. The van der Waals surface area contributed by atoms with Crippen LogP contribution in [0.3, 0.4) is 0 Å². The highest BCUT2D eigenvalue weighted by atomic mass is 16.5. The van der Waals surface area contributed by atoms with Crippen LogP contribution in [0.2, 0.25) is 0 Å². The van der Waals surface area contributed by atoms with Gasteiger partial charge in [-0.2, -0.15) is 0 Å². The van der Waals surface area contributed by atoms with E-state index >= 15 is 0 Å². The fourth-order valence-corrected chi connectivity index (χ4v) is 3.46. The molecule has 0 saturated heterocycles. The van der Waals surface area contributed by atoms with E-state index < -0.39 is 0 Å². The van der Waals surface area contributed by atoms with E-state index in [1.54, 1.807) is 0 Å². The zero-order valence-electron chi connectivity index (χ0n) is 12.4. The first kappa shape index (κ1) is 13.7. The molecule has 1 aromatic carbocycles. The number of fused-ring (bicyclic) bond motifs is 1. The molecule has 0 aromatic heterocycles. The Bertz CT molecular complexity index is 478. The summed E-state index contributed by atoms with van der Waals surface area (Å²) in [5.74, 6) is 1.77. The molecule has 0 radical (unpaired) electrons. The third kappa shape index (κ3) is 2.51. The van der Waals surface area contributed by atoms with Crippen LogP contribution in [0, 0.1) is 0 Å². The third-order valence-electron chi connectivity index (χ3n) is 4.64. The minimum absolute atomic E-state index is 0.172. The largest absolute Gasteiger partial charge is 0.490 e. The molecule has 3 nitrogen and oxygen atoms in total. The predicted molar refractivity (Wildman–Crippen MR) is 80.4 cm³/mol. The number of benzene rings is 1. The van der Waals surface area contributed by atoms with E-state index in [-0.39, 0.29) is 5.54 Å². The summed E-state index contributed by atoms with van der Waals surface area (Å²) >= 11 is 0. The molecular weight excluding hydrogens is 250 g/mol. The standard InChI is InChI=1S/C17H25NO2/c1-2-13-11-15-16(20-10-6-9-19-15)12-14(13)17(18)7-4-3-5-8-17/h11-12H,2-10,18H2,1H3. The highest BCUT2D eigenvalue weighted by Crippen LogP contribution is 2.41. The van der Waals surface area contributed by atoms with E-state index in [9.17, 15) is 0 Å². The van der Waals surface area contributed by atoms with Crippen LogP contribution in [0.4, 0.5) is 0 Å². The molecule has 20 heavy (non-hydrogen) atoms. The van der Waals surface area contributed by atoms with Crippen molar-refractivity contribution in [3.63, 3.8) is 0 Å². The van der Waals surface area contributed by atoms with Gasteiger partial charge in [0.15, 0.2) is 11.5 Å². The van der Waals surface area contributed by atoms with Gasteiger partial charge >= 0.3 is 0 Å². The van der Waals surface area contributed by atoms with Gasteiger partial charge in [0.2, 0.25) is 0 Å². The maximum atomic E-state index is 6.73. The van der Waals surface area contributed by atoms with Crippen molar-refractivity contribution < 1.29 is 9.47 Å². The first-order chi connectivity index (χ1) is 9.73. The molecule has 1 aliphatic carbocycles. The van der Waals surface area contributed by atoms with Gasteiger partial charge in [0.05, 0.1) is 13.2 Å². The van der Waals surface area contributed by atoms with Crippen molar-refractivity contribution in [1.29, 1.82) is 0 Å². The van der Waals surface area contributed by atoms with Gasteiger partial charge in [0.25, 0.3) is 0 Å². The van der Waals surface area contributed by atoms with Crippen molar-refractivity contribution in [2.75, 3.05) is 13.2 Å². The van der Waals surface area contributed by atoms with Gasteiger partial charge < -0.3 is 15.2 Å². The van der Waals surface area contributed by atoms with Crippen molar-refractivity contribution in [3.05, 3.63) is 23.3 Å². The molecule has 110 valence electrons. The molecule has 1 aromatic rings. The number of nitrogens with two attached hydrogens (primary N) is 1. The lowest BCUT2D eigenvalue weighted by Crippen LogP contribution is -2.39. The van der Waals surface area contributed by atoms with Crippen molar-refractivity contribution in [2.45, 2.75) is 57.4 Å². The van der Waals surface area contributed by atoms with E-state index in [1.807, 2.05) is 0 Å². The smallest absolute Gasteiger partial charge is 0.161 e. The molecule has 0 unspecified atom stereocenters. The Hall–Kier alpha value is -1.22. The number of rotatable bonds is 2. The number of aryl methyl sites for hydroxylation is 1. The number of hydrogen-bond donors (Lipinski definition) is 1. The van der Waals surface area contributed by atoms with E-state index in [4.69, 9.17) is 15.2 Å². The van der Waals surface area contributed by atoms with E-state index in [2.05, 4.69) is 19.1 Å². The Morgan fingerprint density at radius 2 is 1.65 bits per heavy atom. The summed E-state index contributed by atoms with van der Waals surface area (Å²) in [5, 5.41) is 0. The average molecular weight is 275 g/mol. The normalized spacial score (nSPS) is 21.3. The van der Waals surface area contributed by atoms with Gasteiger partial charge in [-0.3, -0.25) is 0 Å². The second-order valence-electron chi connectivity index (χ2n) is 6.08. The highest BCUT2D eigenvalue weighted by Gasteiger charge is 2.32. The van der Waals surface area contributed by atoms with Crippen LogP contribution >= 0.6 is 0 Å². The molecule has 1 fully saturated rings. The summed E-state index contributed by atoms with van der Waals surface area (Å²) in [6.07, 6.45) is 7.87. The van der Waals surface area contributed by atoms with E-state index in [0.29, 0.717) is 0 Å². The predicted octanol–water partition coefficient (Wildman–Crippen LogP) is 3.53. The Morgan fingerprint density at radius 3 is 2.30 bits per heavy atom. The first-order valence-corrected chi connectivity index (χ1v) is 7.95. The summed E-state index contributed by atoms with van der Waals surface area (Å²) < 4.78 is 11.6. The van der Waals surface area contributed by atoms with Gasteiger partial charge in [-0.25, -0.2) is 0 Å². The zero-order valence-corrected chi connectivity index (χ0v) is 12.4. The van der Waals surface area contributed by atoms with Gasteiger partial charge in [0.1, 0.15) is 0 Å². The lowest BCUT2D eigenvalue weighted by atomic mass is 9.75. The molecule has 0 amide bonds. The molecule has 0 atom stereocenters. The van der Waals surface area contributed by atoms with Crippen LogP contribution in [0.15, 0.2) is 12.1 Å². The van der Waals surface area contributed by atoms with Crippen molar-refractivity contribution >= 4 is 0 Å². The monoisotopic (exact) mass is 275 g/mol. The molecule has 1 aliphatic heterocycles. The summed E-state index contributed by atoms with van der Waals surface area (Å²) in [4.78, 5) is 0. The fraction of sp³-hybridized carbons (Fsp3) is 0.647. The summed E-state index contributed by atoms with van der Waals surface area (Å²) in [6, 6.07) is 4.31. The lowest BCUT2D eigenvalue weighted by molar-refractivity contribution is 0.293. The molecule has 2 N–H and O–H groups in total. The topological polar surface area (TPSA) is 44.5 Å². The minimum atomic E-state index is -0.172.